The van der Waals surface area contributed by atoms with E-state index < -0.39 is 0 Å². The fourth-order valence-electron chi connectivity index (χ4n) is 3.34. The number of nitrogens with zero attached hydrogens (tertiary/aromatic N) is 3. The molecule has 3 heterocycles. The highest BCUT2D eigenvalue weighted by atomic mass is 16.5. The third-order valence-corrected chi connectivity index (χ3v) is 4.87. The van der Waals surface area contributed by atoms with E-state index in [4.69, 9.17) is 9.51 Å². The average molecular weight is 364 g/mol. The van der Waals surface area contributed by atoms with Gasteiger partial charge in [-0.3, -0.25) is 9.69 Å². The van der Waals surface area contributed by atoms with Gasteiger partial charge >= 0.3 is 0 Å². The Bertz CT molecular complexity index is 999. The minimum atomic E-state index is -0.187. The number of aromatic amines is 1. The molecule has 0 saturated heterocycles. The second kappa shape index (κ2) is 6.78. The van der Waals surface area contributed by atoms with Crippen molar-refractivity contribution in [1.82, 2.24) is 20.0 Å². The highest BCUT2D eigenvalue weighted by molar-refractivity contribution is 5.56. The number of hydrogen-bond donors (Lipinski definition) is 1. The van der Waals surface area contributed by atoms with Crippen LogP contribution in [0.1, 0.15) is 43.5 Å². The normalized spacial score (nSPS) is 14.9. The van der Waals surface area contributed by atoms with Gasteiger partial charge in [0.05, 0.1) is 11.4 Å². The molecule has 6 heteroatoms. The maximum absolute atomic E-state index is 12.4. The van der Waals surface area contributed by atoms with Gasteiger partial charge in [-0.05, 0) is 6.42 Å². The van der Waals surface area contributed by atoms with Crippen LogP contribution in [0.25, 0.3) is 11.3 Å². The monoisotopic (exact) mass is 364 g/mol. The Morgan fingerprint density at radius 3 is 2.74 bits per heavy atom. The highest BCUT2D eigenvalue weighted by Gasteiger charge is 2.25. The molecular weight excluding hydrogens is 340 g/mol. The van der Waals surface area contributed by atoms with Crippen LogP contribution in [0.3, 0.4) is 0 Å². The molecule has 27 heavy (non-hydrogen) atoms. The summed E-state index contributed by atoms with van der Waals surface area (Å²) in [6, 6.07) is 11.9. The van der Waals surface area contributed by atoms with E-state index in [0.717, 1.165) is 40.6 Å². The zero-order chi connectivity index (χ0) is 19.0. The largest absolute Gasteiger partial charge is 0.356 e. The fourth-order valence-corrected chi connectivity index (χ4v) is 3.34. The third-order valence-electron chi connectivity index (χ3n) is 4.87. The lowest BCUT2D eigenvalue weighted by Crippen LogP contribution is -2.36. The Hall–Kier alpha value is -2.73. The standard InChI is InChI=1S/C21H24N4O2/c1-21(2,3)20-22-17-13-25(10-9-16(17)19(26)23-20)12-15-11-18(27-24-15)14-7-5-4-6-8-14/h4-8,11H,9-10,12-13H2,1-3H3,(H,22,23,26). The van der Waals surface area contributed by atoms with Crippen molar-refractivity contribution >= 4 is 0 Å². The summed E-state index contributed by atoms with van der Waals surface area (Å²) in [5.41, 5.74) is 3.40. The molecule has 0 atom stereocenters. The molecule has 3 aromatic rings. The summed E-state index contributed by atoms with van der Waals surface area (Å²) >= 11 is 0. The van der Waals surface area contributed by atoms with Crippen LogP contribution >= 0.6 is 0 Å². The number of rotatable bonds is 3. The Labute approximate surface area is 158 Å². The maximum atomic E-state index is 12.4. The first-order valence-electron chi connectivity index (χ1n) is 9.26. The molecule has 4 rings (SSSR count). The average Bonchev–Trinajstić information content (AvgIpc) is 3.10. The van der Waals surface area contributed by atoms with Crippen LogP contribution in [0.5, 0.6) is 0 Å². The lowest BCUT2D eigenvalue weighted by atomic mass is 9.95. The molecule has 0 spiro atoms. The molecule has 6 nitrogen and oxygen atoms in total. The number of aromatic nitrogens is 3. The molecule has 0 fully saturated rings. The predicted octanol–water partition coefficient (Wildman–Crippen LogP) is 3.28. The van der Waals surface area contributed by atoms with Crippen LogP contribution in [0.2, 0.25) is 0 Å². The zero-order valence-electron chi connectivity index (χ0n) is 16.0. The van der Waals surface area contributed by atoms with E-state index in [9.17, 15) is 4.79 Å². The van der Waals surface area contributed by atoms with Gasteiger partial charge in [0.15, 0.2) is 5.76 Å². The summed E-state index contributed by atoms with van der Waals surface area (Å²) in [6.07, 6.45) is 0.700. The van der Waals surface area contributed by atoms with Crippen molar-refractivity contribution in [3.8, 4) is 11.3 Å². The van der Waals surface area contributed by atoms with Crippen molar-refractivity contribution in [2.45, 2.75) is 45.7 Å². The first kappa shape index (κ1) is 17.7. The van der Waals surface area contributed by atoms with E-state index >= 15 is 0 Å². The summed E-state index contributed by atoms with van der Waals surface area (Å²) in [5.74, 6) is 1.51. The first-order valence-corrected chi connectivity index (χ1v) is 9.26. The topological polar surface area (TPSA) is 75.0 Å². The van der Waals surface area contributed by atoms with Gasteiger partial charge < -0.3 is 9.51 Å². The van der Waals surface area contributed by atoms with Crippen molar-refractivity contribution in [1.29, 1.82) is 0 Å². The van der Waals surface area contributed by atoms with E-state index in [1.165, 1.54) is 0 Å². The van der Waals surface area contributed by atoms with Crippen molar-refractivity contribution < 1.29 is 4.52 Å². The van der Waals surface area contributed by atoms with Gasteiger partial charge in [-0.25, -0.2) is 4.98 Å². The van der Waals surface area contributed by atoms with E-state index in [-0.39, 0.29) is 11.0 Å². The number of hydrogen-bond acceptors (Lipinski definition) is 5. The lowest BCUT2D eigenvalue weighted by Gasteiger charge is -2.28. The summed E-state index contributed by atoms with van der Waals surface area (Å²) < 4.78 is 5.50. The zero-order valence-corrected chi connectivity index (χ0v) is 16.0. The Morgan fingerprint density at radius 2 is 2.00 bits per heavy atom. The first-order chi connectivity index (χ1) is 12.9. The molecule has 0 bridgehead atoms. The molecule has 0 amide bonds. The number of nitrogens with one attached hydrogen (secondary N) is 1. The maximum Gasteiger partial charge on any atom is 0.254 e. The molecule has 2 aromatic heterocycles. The Balaban J connectivity index is 1.53. The van der Waals surface area contributed by atoms with Gasteiger partial charge in [-0.15, -0.1) is 0 Å². The van der Waals surface area contributed by atoms with Crippen molar-refractivity contribution in [3.63, 3.8) is 0 Å². The lowest BCUT2D eigenvalue weighted by molar-refractivity contribution is 0.232. The quantitative estimate of drug-likeness (QED) is 0.772. The van der Waals surface area contributed by atoms with Gasteiger partial charge in [0.1, 0.15) is 5.82 Å². The SMILES string of the molecule is CC(C)(C)c1nc2c(c(=O)[nH]1)CCN(Cc1cc(-c3ccccc3)on1)C2. The minimum Gasteiger partial charge on any atom is -0.356 e. The Kier molecular flexibility index (Phi) is 4.44. The minimum absolute atomic E-state index is 0.00243. The molecule has 1 aromatic carbocycles. The number of benzene rings is 1. The number of fused-ring (bicyclic) bond motifs is 1. The van der Waals surface area contributed by atoms with Gasteiger partial charge in [0, 0.05) is 42.2 Å². The smallest absolute Gasteiger partial charge is 0.254 e. The van der Waals surface area contributed by atoms with E-state index in [1.54, 1.807) is 0 Å². The van der Waals surface area contributed by atoms with E-state index in [1.807, 2.05) is 36.4 Å². The van der Waals surface area contributed by atoms with Gasteiger partial charge in [0.2, 0.25) is 0 Å². The van der Waals surface area contributed by atoms with E-state index in [2.05, 4.69) is 35.8 Å². The molecule has 0 radical (unpaired) electrons. The summed E-state index contributed by atoms with van der Waals surface area (Å²) in [4.78, 5) is 22.4. The van der Waals surface area contributed by atoms with E-state index in [0.29, 0.717) is 19.5 Å². The van der Waals surface area contributed by atoms with Crippen LogP contribution in [0.4, 0.5) is 0 Å². The molecule has 0 aliphatic carbocycles. The van der Waals surface area contributed by atoms with Gasteiger partial charge in [-0.1, -0.05) is 56.3 Å². The van der Waals surface area contributed by atoms with Crippen molar-refractivity contribution in [2.75, 3.05) is 6.54 Å². The van der Waals surface area contributed by atoms with Crippen molar-refractivity contribution in [2.24, 2.45) is 0 Å². The van der Waals surface area contributed by atoms with Crippen molar-refractivity contribution in [3.05, 3.63) is 69.5 Å². The van der Waals surface area contributed by atoms with Crippen LogP contribution in [-0.2, 0) is 24.9 Å². The molecule has 1 N–H and O–H groups in total. The summed E-state index contributed by atoms with van der Waals surface area (Å²) in [7, 11) is 0. The van der Waals surface area contributed by atoms with Crippen LogP contribution in [0, 0.1) is 0 Å². The summed E-state index contributed by atoms with van der Waals surface area (Å²) in [5, 5.41) is 4.21. The fraction of sp³-hybridized carbons (Fsp3) is 0.381. The molecule has 0 unspecified atom stereocenters. The highest BCUT2D eigenvalue weighted by Crippen LogP contribution is 2.23. The second-order valence-electron chi connectivity index (χ2n) is 8.10. The van der Waals surface area contributed by atoms with Crippen LogP contribution in [-0.4, -0.2) is 26.6 Å². The summed E-state index contributed by atoms with van der Waals surface area (Å²) in [6.45, 7) is 8.29. The van der Waals surface area contributed by atoms with Crippen LogP contribution < -0.4 is 5.56 Å². The van der Waals surface area contributed by atoms with Gasteiger partial charge in [0.25, 0.3) is 5.56 Å². The second-order valence-corrected chi connectivity index (χ2v) is 8.10. The van der Waals surface area contributed by atoms with Gasteiger partial charge in [-0.2, -0.15) is 0 Å². The molecule has 1 aliphatic heterocycles. The molecule has 0 saturated carbocycles. The third kappa shape index (κ3) is 3.71. The van der Waals surface area contributed by atoms with Crippen LogP contribution in [0.15, 0.2) is 45.7 Å². The molecular formula is C21H24N4O2. The number of H-pyrrole nitrogens is 1. The predicted molar refractivity (Wildman–Crippen MR) is 103 cm³/mol. The molecule has 1 aliphatic rings. The Morgan fingerprint density at radius 1 is 1.22 bits per heavy atom. The molecule has 140 valence electrons.